The molecule has 0 radical (unpaired) electrons. The molecule has 3 N–H and O–H groups in total. The van der Waals surface area contributed by atoms with Crippen LogP contribution in [-0.4, -0.2) is 0 Å². The van der Waals surface area contributed by atoms with Crippen LogP contribution in [0.5, 0.6) is 0 Å². The molecule has 3 aliphatic rings. The molecular formula is C49H34N2. The average Bonchev–Trinajstić information content (AvgIpc) is 3.79. The lowest BCUT2D eigenvalue weighted by molar-refractivity contribution is 0.671. The SMILES string of the molecule is C/C=C(\NC(N)c1cccc2ccccc12)c1ccc2c(c1)C1(c3ccccc3-2)c2ccccc2-c2c1cc1c3c(cccc23)-c2ccccc2-1. The molecule has 11 rings (SSSR count). The van der Waals surface area contributed by atoms with Crippen LogP contribution in [0, 0.1) is 0 Å². The lowest BCUT2D eigenvalue weighted by Crippen LogP contribution is -2.28. The van der Waals surface area contributed by atoms with E-state index in [2.05, 4.69) is 176 Å². The maximum atomic E-state index is 6.98. The fraction of sp³-hybridized carbons (Fsp3) is 0.0612. The van der Waals surface area contributed by atoms with Crippen molar-refractivity contribution in [1.82, 2.24) is 5.32 Å². The molecule has 0 amide bonds. The molecule has 2 heteroatoms. The Hall–Kier alpha value is -6.22. The third kappa shape index (κ3) is 3.65. The zero-order chi connectivity index (χ0) is 33.8. The summed E-state index contributed by atoms with van der Waals surface area (Å²) in [6, 6.07) is 58.4. The molecule has 2 nitrogen and oxygen atoms in total. The Morgan fingerprint density at radius 3 is 1.96 bits per heavy atom. The zero-order valence-electron chi connectivity index (χ0n) is 28.2. The van der Waals surface area contributed by atoms with E-state index in [0.29, 0.717) is 0 Å². The number of hydrogen-bond donors (Lipinski definition) is 2. The van der Waals surface area contributed by atoms with Gasteiger partial charge in [-0.05, 0) is 118 Å². The highest BCUT2D eigenvalue weighted by Crippen LogP contribution is 2.65. The highest BCUT2D eigenvalue weighted by Gasteiger charge is 2.52. The lowest BCUT2D eigenvalue weighted by atomic mass is 9.69. The van der Waals surface area contributed by atoms with Crippen molar-refractivity contribution < 1.29 is 0 Å². The van der Waals surface area contributed by atoms with E-state index in [1.165, 1.54) is 88.3 Å². The van der Waals surface area contributed by atoms with Gasteiger partial charge in [-0.3, -0.25) is 0 Å². The average molecular weight is 651 g/mol. The summed E-state index contributed by atoms with van der Waals surface area (Å²) in [5.41, 5.74) is 25.7. The number of nitrogens with one attached hydrogen (secondary N) is 1. The van der Waals surface area contributed by atoms with Gasteiger partial charge in [0.2, 0.25) is 0 Å². The van der Waals surface area contributed by atoms with Crippen molar-refractivity contribution in [2.75, 3.05) is 0 Å². The molecule has 0 bridgehead atoms. The molecule has 0 fully saturated rings. The number of hydrogen-bond acceptors (Lipinski definition) is 2. The van der Waals surface area contributed by atoms with Crippen LogP contribution in [0.3, 0.4) is 0 Å². The largest absolute Gasteiger partial charge is 0.366 e. The van der Waals surface area contributed by atoms with Crippen molar-refractivity contribution in [1.29, 1.82) is 0 Å². The maximum Gasteiger partial charge on any atom is 0.101 e. The zero-order valence-corrected chi connectivity index (χ0v) is 28.2. The van der Waals surface area contributed by atoms with E-state index < -0.39 is 5.41 Å². The van der Waals surface area contributed by atoms with Gasteiger partial charge < -0.3 is 11.1 Å². The number of allylic oxidation sites excluding steroid dienone is 1. The molecule has 0 aromatic heterocycles. The van der Waals surface area contributed by atoms with Crippen molar-refractivity contribution in [2.45, 2.75) is 18.5 Å². The van der Waals surface area contributed by atoms with Gasteiger partial charge in [-0.2, -0.15) is 0 Å². The first kappa shape index (κ1) is 28.6. The summed E-state index contributed by atoms with van der Waals surface area (Å²) >= 11 is 0. The van der Waals surface area contributed by atoms with Gasteiger partial charge in [0, 0.05) is 5.70 Å². The van der Waals surface area contributed by atoms with Crippen molar-refractivity contribution in [3.05, 3.63) is 197 Å². The predicted molar refractivity (Wildman–Crippen MR) is 212 cm³/mol. The summed E-state index contributed by atoms with van der Waals surface area (Å²) in [5, 5.41) is 8.78. The Kier molecular flexibility index (Phi) is 5.83. The molecule has 3 aliphatic carbocycles. The number of rotatable bonds is 4. The molecule has 1 spiro atoms. The molecule has 0 heterocycles. The van der Waals surface area contributed by atoms with E-state index in [1.807, 2.05) is 0 Å². The van der Waals surface area contributed by atoms with Gasteiger partial charge in [0.05, 0.1) is 5.41 Å². The molecule has 0 saturated heterocycles. The minimum Gasteiger partial charge on any atom is -0.366 e. The second-order valence-electron chi connectivity index (χ2n) is 14.1. The Morgan fingerprint density at radius 1 is 0.529 bits per heavy atom. The second kappa shape index (κ2) is 10.4. The summed E-state index contributed by atoms with van der Waals surface area (Å²) < 4.78 is 0. The van der Waals surface area contributed by atoms with Crippen LogP contribution in [0.15, 0.2) is 164 Å². The first-order valence-electron chi connectivity index (χ1n) is 17.9. The molecule has 240 valence electrons. The van der Waals surface area contributed by atoms with Crippen LogP contribution in [0.25, 0.3) is 71.7 Å². The molecule has 8 aromatic carbocycles. The van der Waals surface area contributed by atoms with Crippen LogP contribution < -0.4 is 11.1 Å². The van der Waals surface area contributed by atoms with Gasteiger partial charge in [-0.25, -0.2) is 0 Å². The molecular weight excluding hydrogens is 617 g/mol. The Morgan fingerprint density at radius 2 is 1.14 bits per heavy atom. The minimum atomic E-state index is -0.470. The van der Waals surface area contributed by atoms with Crippen molar-refractivity contribution in [2.24, 2.45) is 5.73 Å². The highest BCUT2D eigenvalue weighted by atomic mass is 15.0. The highest BCUT2D eigenvalue weighted by molar-refractivity contribution is 6.21. The van der Waals surface area contributed by atoms with Crippen LogP contribution in [-0.2, 0) is 5.41 Å². The van der Waals surface area contributed by atoms with Gasteiger partial charge in [-0.1, -0.05) is 152 Å². The fourth-order valence-corrected chi connectivity index (χ4v) is 9.76. The molecule has 2 unspecified atom stereocenters. The van der Waals surface area contributed by atoms with E-state index in [1.54, 1.807) is 0 Å². The van der Waals surface area contributed by atoms with Crippen molar-refractivity contribution >= 4 is 27.2 Å². The second-order valence-corrected chi connectivity index (χ2v) is 14.1. The molecule has 51 heavy (non-hydrogen) atoms. The van der Waals surface area contributed by atoms with E-state index in [0.717, 1.165) is 16.8 Å². The van der Waals surface area contributed by atoms with Gasteiger partial charge in [0.25, 0.3) is 0 Å². The number of nitrogens with two attached hydrogens (primary N) is 1. The van der Waals surface area contributed by atoms with Crippen LogP contribution in [0.2, 0.25) is 0 Å². The topological polar surface area (TPSA) is 38.0 Å². The smallest absolute Gasteiger partial charge is 0.101 e. The van der Waals surface area contributed by atoms with E-state index in [9.17, 15) is 0 Å². The van der Waals surface area contributed by atoms with E-state index >= 15 is 0 Å². The molecule has 0 saturated carbocycles. The van der Waals surface area contributed by atoms with Gasteiger partial charge in [0.15, 0.2) is 0 Å². The first-order chi connectivity index (χ1) is 25.2. The predicted octanol–water partition coefficient (Wildman–Crippen LogP) is 11.6. The lowest BCUT2D eigenvalue weighted by Gasteiger charge is -2.31. The fourth-order valence-electron chi connectivity index (χ4n) is 9.76. The summed E-state index contributed by atoms with van der Waals surface area (Å²) in [5.74, 6) is 0. The normalized spacial score (nSPS) is 16.5. The number of benzene rings is 8. The third-order valence-corrected chi connectivity index (χ3v) is 11.8. The van der Waals surface area contributed by atoms with Crippen LogP contribution in [0.1, 0.15) is 46.5 Å². The summed E-state index contributed by atoms with van der Waals surface area (Å²) in [4.78, 5) is 0. The first-order valence-corrected chi connectivity index (χ1v) is 17.9. The monoisotopic (exact) mass is 650 g/mol. The third-order valence-electron chi connectivity index (χ3n) is 11.8. The quantitative estimate of drug-likeness (QED) is 0.186. The van der Waals surface area contributed by atoms with Crippen LogP contribution >= 0.6 is 0 Å². The Labute approximate surface area is 297 Å². The van der Waals surface area contributed by atoms with Crippen molar-refractivity contribution in [3.8, 4) is 44.5 Å². The van der Waals surface area contributed by atoms with E-state index in [-0.39, 0.29) is 6.17 Å². The Bertz CT molecular complexity index is 2820. The van der Waals surface area contributed by atoms with Crippen LogP contribution in [0.4, 0.5) is 0 Å². The molecule has 2 atom stereocenters. The maximum absolute atomic E-state index is 6.98. The summed E-state index contributed by atoms with van der Waals surface area (Å²) in [7, 11) is 0. The molecule has 0 aliphatic heterocycles. The van der Waals surface area contributed by atoms with Gasteiger partial charge in [-0.15, -0.1) is 0 Å². The van der Waals surface area contributed by atoms with Gasteiger partial charge in [0.1, 0.15) is 6.17 Å². The summed E-state index contributed by atoms with van der Waals surface area (Å²) in [6.45, 7) is 2.10. The standard InChI is InChI=1S/C49H34N2/c1-2-45(51-48(50)37-21-11-14-29-13-3-4-15-31(29)37)30-25-26-35-34-18-7-9-23-41(34)49(43(35)27-30)42-24-10-8-19-38(42)47-39-22-12-20-36-32-16-5-6-17-33(32)40(46(36)39)28-44(47)49/h2-28,48,51H,50H2,1H3/b45-2-. The van der Waals surface area contributed by atoms with E-state index in [4.69, 9.17) is 5.73 Å². The summed E-state index contributed by atoms with van der Waals surface area (Å²) in [6.07, 6.45) is 1.78. The number of fused-ring (bicyclic) bond motifs is 15. The van der Waals surface area contributed by atoms with Crippen molar-refractivity contribution in [3.63, 3.8) is 0 Å². The van der Waals surface area contributed by atoms with Gasteiger partial charge >= 0.3 is 0 Å². The molecule has 8 aromatic rings. The Balaban J connectivity index is 1.15. The minimum absolute atomic E-state index is 0.376.